The molecular formula is C18H23N3O4. The Labute approximate surface area is 146 Å². The minimum Gasteiger partial charge on any atom is -0.508 e. The topological polar surface area (TPSA) is 90.1 Å². The molecule has 134 valence electrons. The van der Waals surface area contributed by atoms with Gasteiger partial charge in [0.2, 0.25) is 0 Å². The van der Waals surface area contributed by atoms with Crippen LogP contribution in [0.2, 0.25) is 0 Å². The van der Waals surface area contributed by atoms with Crippen molar-refractivity contribution in [1.29, 1.82) is 0 Å². The van der Waals surface area contributed by atoms with E-state index in [0.29, 0.717) is 25.2 Å². The lowest BCUT2D eigenvalue weighted by atomic mass is 10.1. The number of benzene rings is 2. The highest BCUT2D eigenvalue weighted by Crippen LogP contribution is 2.24. The number of nitro benzene ring substituents is 1. The number of nitrogens with zero attached hydrogens (tertiary/aromatic N) is 3. The highest BCUT2D eigenvalue weighted by atomic mass is 16.6. The highest BCUT2D eigenvalue weighted by molar-refractivity contribution is 5.42. The van der Waals surface area contributed by atoms with E-state index in [1.165, 1.54) is 18.2 Å². The van der Waals surface area contributed by atoms with Crippen LogP contribution in [0.25, 0.3) is 0 Å². The van der Waals surface area contributed by atoms with Crippen molar-refractivity contribution >= 4 is 5.69 Å². The van der Waals surface area contributed by atoms with Crippen LogP contribution < -0.4 is 0 Å². The largest absolute Gasteiger partial charge is 0.508 e. The SMILES string of the molecule is CN(CCN(C)Cc1cc([N+](=O)[O-])ccc1O)Cc1ccccc1O. The number of non-ortho nitro benzene ring substituents is 1. The van der Waals surface area contributed by atoms with E-state index in [-0.39, 0.29) is 17.2 Å². The zero-order valence-electron chi connectivity index (χ0n) is 14.4. The van der Waals surface area contributed by atoms with Gasteiger partial charge in [0.1, 0.15) is 11.5 Å². The second-order valence-electron chi connectivity index (χ2n) is 6.17. The normalized spacial score (nSPS) is 11.2. The van der Waals surface area contributed by atoms with E-state index in [9.17, 15) is 20.3 Å². The maximum absolute atomic E-state index is 10.8. The molecule has 2 N–H and O–H groups in total. The molecule has 25 heavy (non-hydrogen) atoms. The molecule has 0 aliphatic heterocycles. The molecule has 0 aliphatic rings. The fraction of sp³-hybridized carbons (Fsp3) is 0.333. The van der Waals surface area contributed by atoms with Crippen molar-refractivity contribution in [2.75, 3.05) is 27.2 Å². The zero-order valence-corrected chi connectivity index (χ0v) is 14.4. The number of hydrogen-bond donors (Lipinski definition) is 2. The fourth-order valence-corrected chi connectivity index (χ4v) is 2.54. The number of likely N-dealkylation sites (N-methyl/N-ethyl adjacent to an activating group) is 2. The zero-order chi connectivity index (χ0) is 18.4. The van der Waals surface area contributed by atoms with E-state index in [2.05, 4.69) is 4.90 Å². The van der Waals surface area contributed by atoms with Gasteiger partial charge < -0.3 is 20.0 Å². The maximum Gasteiger partial charge on any atom is 0.270 e. The summed E-state index contributed by atoms with van der Waals surface area (Å²) in [7, 11) is 3.86. The lowest BCUT2D eigenvalue weighted by Gasteiger charge is -2.22. The first-order chi connectivity index (χ1) is 11.9. The predicted molar refractivity (Wildman–Crippen MR) is 95.5 cm³/mol. The molecule has 0 heterocycles. The van der Waals surface area contributed by atoms with Gasteiger partial charge in [0.25, 0.3) is 5.69 Å². The number of nitro groups is 1. The number of hydrogen-bond acceptors (Lipinski definition) is 6. The van der Waals surface area contributed by atoms with Gasteiger partial charge in [0.15, 0.2) is 0 Å². The number of aromatic hydroxyl groups is 2. The third-order valence-corrected chi connectivity index (χ3v) is 4.01. The minimum atomic E-state index is -0.469. The first-order valence-corrected chi connectivity index (χ1v) is 7.97. The second-order valence-corrected chi connectivity index (χ2v) is 6.17. The molecule has 0 fully saturated rings. The van der Waals surface area contributed by atoms with Crippen LogP contribution in [-0.2, 0) is 13.1 Å². The summed E-state index contributed by atoms with van der Waals surface area (Å²) in [6.07, 6.45) is 0. The Morgan fingerprint density at radius 1 is 0.920 bits per heavy atom. The van der Waals surface area contributed by atoms with E-state index in [1.54, 1.807) is 12.1 Å². The third kappa shape index (κ3) is 5.44. The molecule has 0 saturated carbocycles. The Morgan fingerprint density at radius 2 is 1.48 bits per heavy atom. The minimum absolute atomic E-state index is 0.0297. The molecular weight excluding hydrogens is 322 g/mol. The summed E-state index contributed by atoms with van der Waals surface area (Å²) >= 11 is 0. The van der Waals surface area contributed by atoms with Crippen LogP contribution in [0.4, 0.5) is 5.69 Å². The van der Waals surface area contributed by atoms with Crippen molar-refractivity contribution in [3.05, 3.63) is 63.7 Å². The summed E-state index contributed by atoms with van der Waals surface area (Å²) in [5.41, 5.74) is 1.36. The summed E-state index contributed by atoms with van der Waals surface area (Å²) in [6, 6.07) is 11.3. The van der Waals surface area contributed by atoms with E-state index in [1.807, 2.05) is 31.1 Å². The van der Waals surface area contributed by atoms with E-state index in [4.69, 9.17) is 0 Å². The number of phenols is 2. The molecule has 7 nitrogen and oxygen atoms in total. The Kier molecular flexibility index (Phi) is 6.32. The second kappa shape index (κ2) is 8.46. The van der Waals surface area contributed by atoms with Crippen molar-refractivity contribution < 1.29 is 15.1 Å². The summed E-state index contributed by atoms with van der Waals surface area (Å²) < 4.78 is 0. The lowest BCUT2D eigenvalue weighted by molar-refractivity contribution is -0.385. The van der Waals surface area contributed by atoms with Crippen LogP contribution in [-0.4, -0.2) is 52.1 Å². The molecule has 0 atom stereocenters. The molecule has 2 rings (SSSR count). The Hall–Kier alpha value is -2.64. The molecule has 2 aromatic rings. The van der Waals surface area contributed by atoms with E-state index in [0.717, 1.165) is 12.1 Å². The maximum atomic E-state index is 10.8. The molecule has 0 saturated heterocycles. The molecule has 0 amide bonds. The van der Waals surface area contributed by atoms with Crippen LogP contribution in [0.1, 0.15) is 11.1 Å². The molecule has 0 spiro atoms. The quantitative estimate of drug-likeness (QED) is 0.564. The van der Waals surface area contributed by atoms with Gasteiger partial charge in [-0.25, -0.2) is 0 Å². The Bertz CT molecular complexity index is 736. The van der Waals surface area contributed by atoms with Crippen molar-refractivity contribution in [1.82, 2.24) is 9.80 Å². The van der Waals surface area contributed by atoms with Crippen LogP contribution >= 0.6 is 0 Å². The van der Waals surface area contributed by atoms with Crippen LogP contribution in [0.5, 0.6) is 11.5 Å². The lowest BCUT2D eigenvalue weighted by Crippen LogP contribution is -2.30. The van der Waals surface area contributed by atoms with Crippen molar-refractivity contribution in [2.45, 2.75) is 13.1 Å². The summed E-state index contributed by atoms with van der Waals surface area (Å²) in [5, 5.41) is 30.5. The van der Waals surface area contributed by atoms with Gasteiger partial charge in [0.05, 0.1) is 4.92 Å². The number of para-hydroxylation sites is 1. The molecule has 0 radical (unpaired) electrons. The van der Waals surface area contributed by atoms with Gasteiger partial charge in [-0.05, 0) is 26.2 Å². The summed E-state index contributed by atoms with van der Waals surface area (Å²) in [4.78, 5) is 14.4. The molecule has 7 heteroatoms. The van der Waals surface area contributed by atoms with Crippen LogP contribution in [0, 0.1) is 10.1 Å². The van der Waals surface area contributed by atoms with Crippen LogP contribution in [0.3, 0.4) is 0 Å². The van der Waals surface area contributed by atoms with Gasteiger partial charge in [-0.1, -0.05) is 18.2 Å². The van der Waals surface area contributed by atoms with Crippen molar-refractivity contribution in [3.63, 3.8) is 0 Å². The smallest absolute Gasteiger partial charge is 0.270 e. The van der Waals surface area contributed by atoms with Gasteiger partial charge >= 0.3 is 0 Å². The highest BCUT2D eigenvalue weighted by Gasteiger charge is 2.12. The van der Waals surface area contributed by atoms with Crippen molar-refractivity contribution in [2.24, 2.45) is 0 Å². The molecule has 0 aliphatic carbocycles. The van der Waals surface area contributed by atoms with Gasteiger partial charge in [0, 0.05) is 49.4 Å². The molecule has 0 bridgehead atoms. The predicted octanol–water partition coefficient (Wildman–Crippen LogP) is 2.57. The average Bonchev–Trinajstić information content (AvgIpc) is 2.57. The van der Waals surface area contributed by atoms with E-state index >= 15 is 0 Å². The fourth-order valence-electron chi connectivity index (χ4n) is 2.54. The Morgan fingerprint density at radius 3 is 2.08 bits per heavy atom. The average molecular weight is 345 g/mol. The van der Waals surface area contributed by atoms with Gasteiger partial charge in [-0.3, -0.25) is 10.1 Å². The van der Waals surface area contributed by atoms with Gasteiger partial charge in [-0.2, -0.15) is 0 Å². The third-order valence-electron chi connectivity index (χ3n) is 4.01. The number of phenolic OH excluding ortho intramolecular Hbond substituents is 2. The first-order valence-electron chi connectivity index (χ1n) is 7.97. The standard InChI is InChI=1S/C18H23N3O4/c1-19(12-14-5-3-4-6-17(14)22)9-10-20(2)13-15-11-16(21(24)25)7-8-18(15)23/h3-8,11,22-23H,9-10,12-13H2,1-2H3. The summed E-state index contributed by atoms with van der Waals surface area (Å²) in [6.45, 7) is 2.51. The summed E-state index contributed by atoms with van der Waals surface area (Å²) in [5.74, 6) is 0.337. The van der Waals surface area contributed by atoms with Gasteiger partial charge in [-0.15, -0.1) is 0 Å². The number of rotatable bonds is 8. The van der Waals surface area contributed by atoms with Crippen LogP contribution in [0.15, 0.2) is 42.5 Å². The molecule has 2 aromatic carbocycles. The Balaban J connectivity index is 1.88. The van der Waals surface area contributed by atoms with Crippen molar-refractivity contribution in [3.8, 4) is 11.5 Å². The molecule has 0 aromatic heterocycles. The molecule has 0 unspecified atom stereocenters. The first kappa shape index (κ1) is 18.7. The van der Waals surface area contributed by atoms with E-state index < -0.39 is 4.92 Å². The monoisotopic (exact) mass is 345 g/mol.